The lowest BCUT2D eigenvalue weighted by molar-refractivity contribution is 0.269. The summed E-state index contributed by atoms with van der Waals surface area (Å²) in [5.41, 5.74) is 0.777. The number of rotatable bonds is 6. The summed E-state index contributed by atoms with van der Waals surface area (Å²) in [6.45, 7) is 6.19. The van der Waals surface area contributed by atoms with Crippen LogP contribution in [0.5, 0.6) is 0 Å². The van der Waals surface area contributed by atoms with Gasteiger partial charge in [0, 0.05) is 19.1 Å². The Morgan fingerprint density at radius 1 is 1.43 bits per heavy atom. The summed E-state index contributed by atoms with van der Waals surface area (Å²) in [6.07, 6.45) is 6.81. The summed E-state index contributed by atoms with van der Waals surface area (Å²) in [5.74, 6) is 0.649. The maximum Gasteiger partial charge on any atom is 0.283 e. The number of likely N-dealkylation sites (tertiary alicyclic amines) is 1. The zero-order valence-corrected chi connectivity index (χ0v) is 14.1. The van der Waals surface area contributed by atoms with E-state index in [1.165, 1.54) is 38.8 Å². The SMILES string of the molecule is CC(CNc1cnn(CC2CC2)c(=O)c1Br)N1CCCC1. The van der Waals surface area contributed by atoms with E-state index in [0.717, 1.165) is 18.8 Å². The summed E-state index contributed by atoms with van der Waals surface area (Å²) in [7, 11) is 0. The van der Waals surface area contributed by atoms with Gasteiger partial charge in [-0.2, -0.15) is 5.10 Å². The maximum atomic E-state index is 12.3. The van der Waals surface area contributed by atoms with E-state index in [2.05, 4.69) is 38.2 Å². The number of aromatic nitrogens is 2. The molecule has 1 aromatic heterocycles. The van der Waals surface area contributed by atoms with Crippen LogP contribution in [0.1, 0.15) is 32.6 Å². The minimum Gasteiger partial charge on any atom is -0.381 e. The molecule has 1 aliphatic heterocycles. The molecular formula is C15H23BrN4O. The highest BCUT2D eigenvalue weighted by Crippen LogP contribution is 2.30. The number of hydrogen-bond acceptors (Lipinski definition) is 4. The average Bonchev–Trinajstić information content (AvgIpc) is 3.12. The van der Waals surface area contributed by atoms with E-state index in [1.54, 1.807) is 10.9 Å². The molecule has 6 heteroatoms. The van der Waals surface area contributed by atoms with Gasteiger partial charge in [-0.15, -0.1) is 0 Å². The van der Waals surface area contributed by atoms with Crippen molar-refractivity contribution in [2.75, 3.05) is 25.0 Å². The van der Waals surface area contributed by atoms with Crippen molar-refractivity contribution in [3.8, 4) is 0 Å². The molecule has 2 aliphatic rings. The summed E-state index contributed by atoms with van der Waals surface area (Å²) >= 11 is 3.43. The summed E-state index contributed by atoms with van der Waals surface area (Å²) in [4.78, 5) is 14.7. The molecule has 0 aromatic carbocycles. The third-order valence-electron chi connectivity index (χ3n) is 4.46. The maximum absolute atomic E-state index is 12.3. The minimum absolute atomic E-state index is 0.0271. The summed E-state index contributed by atoms with van der Waals surface area (Å²) in [5, 5.41) is 7.65. The fourth-order valence-corrected chi connectivity index (χ4v) is 3.28. The van der Waals surface area contributed by atoms with Gasteiger partial charge >= 0.3 is 0 Å². The van der Waals surface area contributed by atoms with Crippen LogP contribution < -0.4 is 10.9 Å². The Balaban J connectivity index is 1.62. The predicted octanol–water partition coefficient (Wildman–Crippen LogP) is 2.31. The van der Waals surface area contributed by atoms with E-state index in [-0.39, 0.29) is 5.56 Å². The molecule has 1 aliphatic carbocycles. The minimum atomic E-state index is -0.0271. The lowest BCUT2D eigenvalue weighted by atomic mass is 10.3. The number of hydrogen-bond donors (Lipinski definition) is 1. The second kappa shape index (κ2) is 6.48. The topological polar surface area (TPSA) is 50.2 Å². The molecule has 1 unspecified atom stereocenters. The van der Waals surface area contributed by atoms with Crippen LogP contribution in [0.4, 0.5) is 5.69 Å². The van der Waals surface area contributed by atoms with E-state index in [9.17, 15) is 4.79 Å². The van der Waals surface area contributed by atoms with Crippen LogP contribution in [-0.2, 0) is 6.54 Å². The van der Waals surface area contributed by atoms with Gasteiger partial charge in [0.1, 0.15) is 4.47 Å². The first-order chi connectivity index (χ1) is 10.1. The molecule has 2 fully saturated rings. The van der Waals surface area contributed by atoms with E-state index in [0.29, 0.717) is 16.4 Å². The molecule has 5 nitrogen and oxygen atoms in total. The molecule has 1 saturated heterocycles. The zero-order valence-electron chi connectivity index (χ0n) is 12.5. The highest BCUT2D eigenvalue weighted by Gasteiger charge is 2.23. The van der Waals surface area contributed by atoms with E-state index < -0.39 is 0 Å². The molecule has 116 valence electrons. The van der Waals surface area contributed by atoms with Gasteiger partial charge < -0.3 is 5.32 Å². The third kappa shape index (κ3) is 3.66. The van der Waals surface area contributed by atoms with Crippen molar-refractivity contribution < 1.29 is 0 Å². The first-order valence-corrected chi connectivity index (χ1v) is 8.68. The van der Waals surface area contributed by atoms with Crippen molar-refractivity contribution >= 4 is 21.6 Å². The molecule has 0 spiro atoms. The Bertz CT molecular complexity index is 549. The molecule has 2 heterocycles. The molecular weight excluding hydrogens is 332 g/mol. The van der Waals surface area contributed by atoms with Crippen LogP contribution in [0.3, 0.4) is 0 Å². The standard InChI is InChI=1S/C15H23BrN4O/c1-11(19-6-2-3-7-19)8-17-13-9-18-20(10-12-4-5-12)15(21)14(13)16/h9,11-12,17H,2-8,10H2,1H3. The zero-order chi connectivity index (χ0) is 14.8. The van der Waals surface area contributed by atoms with Gasteiger partial charge in [-0.25, -0.2) is 4.68 Å². The average molecular weight is 355 g/mol. The van der Waals surface area contributed by atoms with Gasteiger partial charge in [-0.1, -0.05) is 0 Å². The van der Waals surface area contributed by atoms with Gasteiger partial charge in [0.05, 0.1) is 11.9 Å². The lowest BCUT2D eigenvalue weighted by Crippen LogP contribution is -2.36. The van der Waals surface area contributed by atoms with Crippen LogP contribution >= 0.6 is 15.9 Å². The molecule has 1 aromatic rings. The highest BCUT2D eigenvalue weighted by molar-refractivity contribution is 9.10. The summed E-state index contributed by atoms with van der Waals surface area (Å²) in [6, 6.07) is 0.480. The molecule has 1 saturated carbocycles. The van der Waals surface area contributed by atoms with Crippen molar-refractivity contribution in [3.63, 3.8) is 0 Å². The normalized spacial score (nSPS) is 20.7. The molecule has 0 amide bonds. The monoisotopic (exact) mass is 354 g/mol. The first kappa shape index (κ1) is 15.0. The largest absolute Gasteiger partial charge is 0.381 e. The fourth-order valence-electron chi connectivity index (χ4n) is 2.83. The molecule has 0 radical (unpaired) electrons. The molecule has 1 N–H and O–H groups in total. The Labute approximate surface area is 133 Å². The second-order valence-electron chi connectivity index (χ2n) is 6.28. The second-order valence-corrected chi connectivity index (χ2v) is 7.07. The fraction of sp³-hybridized carbons (Fsp3) is 0.733. The number of nitrogens with one attached hydrogen (secondary N) is 1. The van der Waals surface area contributed by atoms with E-state index in [4.69, 9.17) is 0 Å². The lowest BCUT2D eigenvalue weighted by Gasteiger charge is -2.24. The van der Waals surface area contributed by atoms with Crippen LogP contribution in [0, 0.1) is 5.92 Å². The smallest absolute Gasteiger partial charge is 0.283 e. The van der Waals surface area contributed by atoms with Crippen LogP contribution in [0.15, 0.2) is 15.5 Å². The van der Waals surface area contributed by atoms with Gasteiger partial charge in [0.15, 0.2) is 0 Å². The van der Waals surface area contributed by atoms with Crippen LogP contribution in [-0.4, -0.2) is 40.4 Å². The first-order valence-electron chi connectivity index (χ1n) is 7.88. The quantitative estimate of drug-likeness (QED) is 0.851. The van der Waals surface area contributed by atoms with Gasteiger partial charge in [-0.3, -0.25) is 9.69 Å². The van der Waals surface area contributed by atoms with E-state index in [1.807, 2.05) is 0 Å². The highest BCUT2D eigenvalue weighted by atomic mass is 79.9. The number of anilines is 1. The predicted molar refractivity (Wildman–Crippen MR) is 87.7 cm³/mol. The Hall–Kier alpha value is -0.880. The van der Waals surface area contributed by atoms with Crippen molar-refractivity contribution in [2.24, 2.45) is 5.92 Å². The van der Waals surface area contributed by atoms with E-state index >= 15 is 0 Å². The Kier molecular flexibility index (Phi) is 4.64. The van der Waals surface area contributed by atoms with Gasteiger partial charge in [0.25, 0.3) is 5.56 Å². The van der Waals surface area contributed by atoms with Crippen molar-refractivity contribution in [2.45, 2.75) is 45.2 Å². The number of nitrogens with zero attached hydrogens (tertiary/aromatic N) is 3. The molecule has 1 atom stereocenters. The van der Waals surface area contributed by atoms with Crippen molar-refractivity contribution in [1.29, 1.82) is 0 Å². The number of halogens is 1. The van der Waals surface area contributed by atoms with Gasteiger partial charge in [-0.05, 0) is 67.5 Å². The Morgan fingerprint density at radius 2 is 2.14 bits per heavy atom. The third-order valence-corrected chi connectivity index (χ3v) is 5.23. The Morgan fingerprint density at radius 3 is 2.81 bits per heavy atom. The van der Waals surface area contributed by atoms with Crippen molar-refractivity contribution in [3.05, 3.63) is 21.0 Å². The summed E-state index contributed by atoms with van der Waals surface area (Å²) < 4.78 is 2.18. The molecule has 0 bridgehead atoms. The van der Waals surface area contributed by atoms with Gasteiger partial charge in [0.2, 0.25) is 0 Å². The van der Waals surface area contributed by atoms with Crippen LogP contribution in [0.2, 0.25) is 0 Å². The molecule has 21 heavy (non-hydrogen) atoms. The van der Waals surface area contributed by atoms with Crippen LogP contribution in [0.25, 0.3) is 0 Å². The molecule has 3 rings (SSSR count). The van der Waals surface area contributed by atoms with Crippen molar-refractivity contribution in [1.82, 2.24) is 14.7 Å².